The van der Waals surface area contributed by atoms with Crippen LogP contribution in [0.5, 0.6) is 0 Å². The third-order valence-electron chi connectivity index (χ3n) is 3.39. The van der Waals surface area contributed by atoms with Crippen molar-refractivity contribution in [2.45, 2.75) is 25.1 Å². The summed E-state index contributed by atoms with van der Waals surface area (Å²) in [4.78, 5) is 12.3. The monoisotopic (exact) mass is 400 g/mol. The van der Waals surface area contributed by atoms with E-state index in [4.69, 9.17) is 0 Å². The molecule has 1 N–H and O–H groups in total. The average Bonchev–Trinajstić information content (AvgIpc) is 2.94. The van der Waals surface area contributed by atoms with E-state index in [0.29, 0.717) is 10.8 Å². The summed E-state index contributed by atoms with van der Waals surface area (Å²) in [5, 5.41) is 10.8. The van der Waals surface area contributed by atoms with Gasteiger partial charge in [-0.3, -0.25) is 14.4 Å². The number of aromatic nitrogens is 2. The first kappa shape index (κ1) is 19.7. The zero-order valence-electron chi connectivity index (χ0n) is 14.4. The molecule has 136 valence electrons. The fourth-order valence-corrected chi connectivity index (χ4v) is 4.53. The maximum absolute atomic E-state index is 12.3. The van der Waals surface area contributed by atoms with E-state index >= 15 is 0 Å². The third kappa shape index (κ3) is 5.41. The number of benzene rings is 1. The zero-order chi connectivity index (χ0) is 18.6. The number of nitrogens with zero attached hydrogens (tertiary/aromatic N) is 3. The minimum Gasteiger partial charge on any atom is -0.299 e. The quantitative estimate of drug-likeness (QED) is 0.567. The van der Waals surface area contributed by atoms with Gasteiger partial charge in [-0.2, -0.15) is 0 Å². The highest BCUT2D eigenvalue weighted by Crippen LogP contribution is 2.25. The van der Waals surface area contributed by atoms with Crippen LogP contribution in [0.15, 0.2) is 22.5 Å². The van der Waals surface area contributed by atoms with Gasteiger partial charge in [0.2, 0.25) is 21.1 Å². The highest BCUT2D eigenvalue weighted by Gasteiger charge is 2.22. The third-order valence-corrected chi connectivity index (χ3v) is 6.38. The predicted molar refractivity (Wildman–Crippen MR) is 103 cm³/mol. The lowest BCUT2D eigenvalue weighted by Crippen LogP contribution is -2.37. The van der Waals surface area contributed by atoms with Gasteiger partial charge in [0.25, 0.3) is 0 Å². The molecule has 1 aromatic heterocycles. The van der Waals surface area contributed by atoms with Gasteiger partial charge in [-0.25, -0.2) is 8.42 Å². The van der Waals surface area contributed by atoms with E-state index in [1.165, 1.54) is 23.1 Å². The van der Waals surface area contributed by atoms with Gasteiger partial charge in [-0.05, 0) is 42.9 Å². The number of aryl methyl sites for hydroxylation is 2. The molecule has 0 spiro atoms. The minimum atomic E-state index is -3.60. The van der Waals surface area contributed by atoms with Gasteiger partial charge in [0.1, 0.15) is 6.54 Å². The van der Waals surface area contributed by atoms with Crippen molar-refractivity contribution in [2.75, 3.05) is 28.2 Å². The van der Waals surface area contributed by atoms with Crippen LogP contribution < -0.4 is 9.62 Å². The maximum Gasteiger partial charge on any atom is 0.246 e. The molecule has 25 heavy (non-hydrogen) atoms. The van der Waals surface area contributed by atoms with E-state index in [-0.39, 0.29) is 6.54 Å². The first-order valence-electron chi connectivity index (χ1n) is 7.52. The predicted octanol–water partition coefficient (Wildman–Crippen LogP) is 2.67. The SMILES string of the molecule is CCSc1nnc(NC(=O)CN(c2ccc(C)c(C)c2)S(C)(=O)=O)s1. The Labute approximate surface area is 155 Å². The normalized spacial score (nSPS) is 11.4. The van der Waals surface area contributed by atoms with Crippen molar-refractivity contribution in [1.82, 2.24) is 10.2 Å². The van der Waals surface area contributed by atoms with Crippen LogP contribution >= 0.6 is 23.1 Å². The van der Waals surface area contributed by atoms with Gasteiger partial charge in [0.15, 0.2) is 4.34 Å². The summed E-state index contributed by atoms with van der Waals surface area (Å²) in [7, 11) is -3.60. The van der Waals surface area contributed by atoms with Crippen molar-refractivity contribution in [3.8, 4) is 0 Å². The van der Waals surface area contributed by atoms with Crippen LogP contribution in [0.25, 0.3) is 0 Å². The molecule has 1 heterocycles. The molecular weight excluding hydrogens is 380 g/mol. The topological polar surface area (TPSA) is 92.3 Å². The van der Waals surface area contributed by atoms with Gasteiger partial charge in [0.05, 0.1) is 11.9 Å². The van der Waals surface area contributed by atoms with E-state index in [0.717, 1.165) is 31.8 Å². The summed E-state index contributed by atoms with van der Waals surface area (Å²) in [5.41, 5.74) is 2.47. The number of rotatable bonds is 7. The smallest absolute Gasteiger partial charge is 0.246 e. The fourth-order valence-electron chi connectivity index (χ4n) is 2.01. The molecule has 0 fully saturated rings. The lowest BCUT2D eigenvalue weighted by atomic mass is 10.1. The molecule has 0 unspecified atom stereocenters. The second kappa shape index (κ2) is 8.15. The molecule has 0 aliphatic heterocycles. The minimum absolute atomic E-state index is 0.322. The number of carbonyl (C=O) groups excluding carboxylic acids is 1. The summed E-state index contributed by atoms with van der Waals surface area (Å²) < 4.78 is 26.1. The molecule has 0 bridgehead atoms. The number of hydrogen-bond donors (Lipinski definition) is 1. The standard InChI is InChI=1S/C15H20N4O3S3/c1-5-23-15-18-17-14(24-15)16-13(20)9-19(25(4,21)22)12-7-6-10(2)11(3)8-12/h6-8H,5,9H2,1-4H3,(H,16,17,20). The molecule has 1 amide bonds. The number of hydrogen-bond acceptors (Lipinski definition) is 7. The Balaban J connectivity index is 2.16. The van der Waals surface area contributed by atoms with Crippen molar-refractivity contribution in [1.29, 1.82) is 0 Å². The number of carbonyl (C=O) groups is 1. The summed E-state index contributed by atoms with van der Waals surface area (Å²) in [5.74, 6) is 0.393. The number of thioether (sulfide) groups is 1. The van der Waals surface area contributed by atoms with Crippen molar-refractivity contribution in [3.63, 3.8) is 0 Å². The Morgan fingerprint density at radius 1 is 1.28 bits per heavy atom. The van der Waals surface area contributed by atoms with E-state index in [9.17, 15) is 13.2 Å². The van der Waals surface area contributed by atoms with Crippen LogP contribution in [-0.2, 0) is 14.8 Å². The van der Waals surface area contributed by atoms with E-state index in [2.05, 4.69) is 15.5 Å². The second-order valence-electron chi connectivity index (χ2n) is 5.39. The Bertz CT molecular complexity index is 865. The molecular formula is C15H20N4O3S3. The highest BCUT2D eigenvalue weighted by atomic mass is 32.2. The summed E-state index contributed by atoms with van der Waals surface area (Å²) in [6.45, 7) is 5.51. The zero-order valence-corrected chi connectivity index (χ0v) is 16.9. The molecule has 0 saturated carbocycles. The molecule has 0 aliphatic rings. The van der Waals surface area contributed by atoms with E-state index in [1.54, 1.807) is 12.1 Å². The summed E-state index contributed by atoms with van der Waals surface area (Å²) in [6, 6.07) is 5.28. The lowest BCUT2D eigenvalue weighted by Gasteiger charge is -2.22. The van der Waals surface area contributed by atoms with Gasteiger partial charge in [0, 0.05) is 0 Å². The van der Waals surface area contributed by atoms with Crippen LogP contribution in [0.4, 0.5) is 10.8 Å². The van der Waals surface area contributed by atoms with Crippen LogP contribution in [0.1, 0.15) is 18.1 Å². The van der Waals surface area contributed by atoms with Gasteiger partial charge in [-0.15, -0.1) is 10.2 Å². The highest BCUT2D eigenvalue weighted by molar-refractivity contribution is 8.01. The number of nitrogens with one attached hydrogen (secondary N) is 1. The molecule has 0 saturated heterocycles. The van der Waals surface area contributed by atoms with Gasteiger partial charge >= 0.3 is 0 Å². The van der Waals surface area contributed by atoms with Crippen LogP contribution in [0.3, 0.4) is 0 Å². The Hall–Kier alpha value is -1.65. The van der Waals surface area contributed by atoms with Crippen LogP contribution in [-0.4, -0.2) is 43.1 Å². The van der Waals surface area contributed by atoms with Crippen molar-refractivity contribution < 1.29 is 13.2 Å². The number of sulfonamides is 1. The molecule has 10 heteroatoms. The Kier molecular flexibility index (Phi) is 6.42. The summed E-state index contributed by atoms with van der Waals surface area (Å²) >= 11 is 2.79. The maximum atomic E-state index is 12.3. The average molecular weight is 401 g/mol. The van der Waals surface area contributed by atoms with Crippen molar-refractivity contribution >= 4 is 49.8 Å². The lowest BCUT2D eigenvalue weighted by molar-refractivity contribution is -0.114. The van der Waals surface area contributed by atoms with Gasteiger partial charge < -0.3 is 0 Å². The summed E-state index contributed by atoms with van der Waals surface area (Å²) in [6.07, 6.45) is 1.08. The Morgan fingerprint density at radius 3 is 2.60 bits per heavy atom. The van der Waals surface area contributed by atoms with E-state index < -0.39 is 15.9 Å². The molecule has 1 aromatic carbocycles. The van der Waals surface area contributed by atoms with Crippen molar-refractivity contribution in [2.24, 2.45) is 0 Å². The molecule has 2 aromatic rings. The largest absolute Gasteiger partial charge is 0.299 e. The fraction of sp³-hybridized carbons (Fsp3) is 0.400. The number of anilines is 2. The molecule has 0 radical (unpaired) electrons. The second-order valence-corrected chi connectivity index (χ2v) is 9.79. The van der Waals surface area contributed by atoms with Gasteiger partial charge in [-0.1, -0.05) is 36.1 Å². The first-order chi connectivity index (χ1) is 11.7. The van der Waals surface area contributed by atoms with E-state index in [1.807, 2.05) is 26.8 Å². The van der Waals surface area contributed by atoms with Crippen molar-refractivity contribution in [3.05, 3.63) is 29.3 Å². The Morgan fingerprint density at radius 2 is 2.00 bits per heavy atom. The number of amides is 1. The molecule has 2 rings (SSSR count). The molecule has 0 atom stereocenters. The first-order valence-corrected chi connectivity index (χ1v) is 11.2. The molecule has 7 nitrogen and oxygen atoms in total. The molecule has 0 aliphatic carbocycles. The van der Waals surface area contributed by atoms with Crippen LogP contribution in [0.2, 0.25) is 0 Å². The van der Waals surface area contributed by atoms with Crippen LogP contribution in [0, 0.1) is 13.8 Å².